The predicted molar refractivity (Wildman–Crippen MR) is 156 cm³/mol. The molecule has 0 aliphatic rings. The zero-order chi connectivity index (χ0) is 28.7. The van der Waals surface area contributed by atoms with Crippen LogP contribution in [0, 0.1) is 0 Å². The van der Waals surface area contributed by atoms with Crippen LogP contribution in [0.1, 0.15) is 51.7 Å². The van der Waals surface area contributed by atoms with Crippen molar-refractivity contribution in [3.05, 3.63) is 95.0 Å². The molecule has 1 unspecified atom stereocenters. The second-order valence-electron chi connectivity index (χ2n) is 10.0. The summed E-state index contributed by atoms with van der Waals surface area (Å²) in [5.41, 5.74) is 2.05. The molecule has 7 nitrogen and oxygen atoms in total. The van der Waals surface area contributed by atoms with Gasteiger partial charge in [0.15, 0.2) is 0 Å². The van der Waals surface area contributed by atoms with E-state index in [1.54, 1.807) is 61.5 Å². The average molecular weight is 570 g/mol. The smallest absolute Gasteiger partial charge is 0.264 e. The van der Waals surface area contributed by atoms with Gasteiger partial charge >= 0.3 is 0 Å². The Hall–Kier alpha value is -3.36. The molecule has 39 heavy (non-hydrogen) atoms. The summed E-state index contributed by atoms with van der Waals surface area (Å²) in [5, 5.41) is 3.29. The highest BCUT2D eigenvalue weighted by molar-refractivity contribution is 7.92. The molecule has 0 saturated carbocycles. The van der Waals surface area contributed by atoms with Gasteiger partial charge in [0.05, 0.1) is 10.6 Å². The second-order valence-corrected chi connectivity index (χ2v) is 12.3. The lowest BCUT2D eigenvalue weighted by Gasteiger charge is -2.32. The molecule has 1 atom stereocenters. The number of rotatable bonds is 11. The maximum absolute atomic E-state index is 13.9. The minimum absolute atomic E-state index is 0.0384. The summed E-state index contributed by atoms with van der Waals surface area (Å²) in [6.45, 7) is 8.93. The summed E-state index contributed by atoms with van der Waals surface area (Å²) < 4.78 is 28.8. The number of benzene rings is 3. The minimum Gasteiger partial charge on any atom is -0.352 e. The molecule has 2 amide bonds. The molecule has 0 fully saturated rings. The molecule has 0 saturated heterocycles. The van der Waals surface area contributed by atoms with Gasteiger partial charge in [0, 0.05) is 17.6 Å². The Bertz CT molecular complexity index is 1380. The van der Waals surface area contributed by atoms with E-state index in [0.717, 1.165) is 9.87 Å². The van der Waals surface area contributed by atoms with E-state index in [9.17, 15) is 18.0 Å². The molecule has 0 aliphatic carbocycles. The van der Waals surface area contributed by atoms with Gasteiger partial charge in [0.1, 0.15) is 12.6 Å². The van der Waals surface area contributed by atoms with Crippen LogP contribution in [0.25, 0.3) is 0 Å². The molecule has 0 heterocycles. The highest BCUT2D eigenvalue weighted by Gasteiger charge is 2.33. The average Bonchev–Trinajstić information content (AvgIpc) is 2.90. The van der Waals surface area contributed by atoms with Crippen LogP contribution in [0.2, 0.25) is 5.02 Å². The van der Waals surface area contributed by atoms with Crippen LogP contribution in [0.15, 0.2) is 83.8 Å². The largest absolute Gasteiger partial charge is 0.352 e. The number of carbonyl (C=O) groups excluding carboxylic acids is 2. The SMILES string of the molecule is CC(C)NC(=O)C(C)N(Cc1ccccc1Cl)C(=O)CN(c1ccc(C(C)C)cc1)S(=O)(=O)c1ccccc1. The monoisotopic (exact) mass is 569 g/mol. The van der Waals surface area contributed by atoms with Crippen LogP contribution in [0.3, 0.4) is 0 Å². The number of nitrogens with zero attached hydrogens (tertiary/aromatic N) is 2. The van der Waals surface area contributed by atoms with Gasteiger partial charge in [-0.2, -0.15) is 0 Å². The molecule has 0 radical (unpaired) electrons. The van der Waals surface area contributed by atoms with Crippen LogP contribution in [-0.2, 0) is 26.2 Å². The van der Waals surface area contributed by atoms with Crippen molar-refractivity contribution < 1.29 is 18.0 Å². The van der Waals surface area contributed by atoms with E-state index in [4.69, 9.17) is 11.6 Å². The predicted octanol–water partition coefficient (Wildman–Crippen LogP) is 5.60. The van der Waals surface area contributed by atoms with Crippen LogP contribution in [0.4, 0.5) is 5.69 Å². The van der Waals surface area contributed by atoms with E-state index in [-0.39, 0.29) is 29.3 Å². The summed E-state index contributed by atoms with van der Waals surface area (Å²) in [7, 11) is -4.10. The Morgan fingerprint density at radius 1 is 0.846 bits per heavy atom. The number of carbonyl (C=O) groups is 2. The van der Waals surface area contributed by atoms with Crippen molar-refractivity contribution in [2.75, 3.05) is 10.8 Å². The highest BCUT2D eigenvalue weighted by atomic mass is 35.5. The van der Waals surface area contributed by atoms with Crippen LogP contribution >= 0.6 is 11.6 Å². The van der Waals surface area contributed by atoms with E-state index < -0.39 is 28.5 Å². The minimum atomic E-state index is -4.10. The van der Waals surface area contributed by atoms with E-state index in [0.29, 0.717) is 16.3 Å². The third-order valence-corrected chi connectivity index (χ3v) is 8.51. The Morgan fingerprint density at radius 3 is 2.00 bits per heavy atom. The van der Waals surface area contributed by atoms with Crippen molar-refractivity contribution in [3.8, 4) is 0 Å². The molecular formula is C30H36ClN3O4S. The lowest BCUT2D eigenvalue weighted by atomic mass is 10.0. The van der Waals surface area contributed by atoms with E-state index in [2.05, 4.69) is 5.32 Å². The standard InChI is InChI=1S/C30H36ClN3O4S/c1-21(2)24-15-17-26(18-16-24)34(39(37,38)27-12-7-6-8-13-27)20-29(35)33(23(5)30(36)32-22(3)4)19-25-11-9-10-14-28(25)31/h6-18,21-23H,19-20H2,1-5H3,(H,32,36). The van der Waals surface area contributed by atoms with Gasteiger partial charge in [-0.25, -0.2) is 8.42 Å². The molecule has 0 aromatic heterocycles. The summed E-state index contributed by atoms with van der Waals surface area (Å²) in [5.74, 6) is -0.621. The number of hydrogen-bond acceptors (Lipinski definition) is 4. The first-order valence-corrected chi connectivity index (χ1v) is 14.7. The van der Waals surface area contributed by atoms with Crippen molar-refractivity contribution >= 4 is 39.1 Å². The van der Waals surface area contributed by atoms with E-state index in [1.165, 1.54) is 17.0 Å². The third-order valence-electron chi connectivity index (χ3n) is 6.35. The number of halogens is 1. The fraction of sp³-hybridized carbons (Fsp3) is 0.333. The van der Waals surface area contributed by atoms with Gasteiger partial charge in [-0.05, 0) is 68.1 Å². The maximum Gasteiger partial charge on any atom is 0.264 e. The topological polar surface area (TPSA) is 86.8 Å². The lowest BCUT2D eigenvalue weighted by Crippen LogP contribution is -2.52. The molecule has 3 rings (SSSR count). The van der Waals surface area contributed by atoms with Crippen molar-refractivity contribution in [2.24, 2.45) is 0 Å². The zero-order valence-corrected chi connectivity index (χ0v) is 24.5. The van der Waals surface area contributed by atoms with Crippen molar-refractivity contribution in [2.45, 2.75) is 64.1 Å². The van der Waals surface area contributed by atoms with E-state index >= 15 is 0 Å². The van der Waals surface area contributed by atoms with Crippen molar-refractivity contribution in [1.82, 2.24) is 10.2 Å². The first-order valence-electron chi connectivity index (χ1n) is 12.9. The summed E-state index contributed by atoms with van der Waals surface area (Å²) in [6.07, 6.45) is 0. The summed E-state index contributed by atoms with van der Waals surface area (Å²) in [6, 6.07) is 21.2. The van der Waals surface area contributed by atoms with Crippen molar-refractivity contribution in [1.29, 1.82) is 0 Å². The van der Waals surface area contributed by atoms with Gasteiger partial charge in [-0.3, -0.25) is 13.9 Å². The Morgan fingerprint density at radius 2 is 1.44 bits per heavy atom. The van der Waals surface area contributed by atoms with Gasteiger partial charge in [-0.15, -0.1) is 0 Å². The second kappa shape index (κ2) is 13.1. The first-order chi connectivity index (χ1) is 18.4. The number of amides is 2. The van der Waals surface area contributed by atoms with Gasteiger partial charge in [-0.1, -0.05) is 74.0 Å². The zero-order valence-electron chi connectivity index (χ0n) is 23.0. The molecule has 0 bridgehead atoms. The third kappa shape index (κ3) is 7.61. The highest BCUT2D eigenvalue weighted by Crippen LogP contribution is 2.27. The Kier molecular flexibility index (Phi) is 10.2. The Balaban J connectivity index is 2.04. The molecule has 9 heteroatoms. The summed E-state index contributed by atoms with van der Waals surface area (Å²) >= 11 is 6.39. The molecule has 0 spiro atoms. The molecule has 3 aromatic rings. The molecular weight excluding hydrogens is 534 g/mol. The number of anilines is 1. The fourth-order valence-corrected chi connectivity index (χ4v) is 5.70. The summed E-state index contributed by atoms with van der Waals surface area (Å²) in [4.78, 5) is 28.3. The molecule has 3 aromatic carbocycles. The van der Waals surface area contributed by atoms with Gasteiger partial charge in [0.25, 0.3) is 10.0 Å². The van der Waals surface area contributed by atoms with Gasteiger partial charge < -0.3 is 10.2 Å². The van der Waals surface area contributed by atoms with Crippen LogP contribution in [-0.4, -0.2) is 43.8 Å². The van der Waals surface area contributed by atoms with Crippen LogP contribution in [0.5, 0.6) is 0 Å². The number of hydrogen-bond donors (Lipinski definition) is 1. The quantitative estimate of drug-likeness (QED) is 0.326. The number of sulfonamides is 1. The van der Waals surface area contributed by atoms with E-state index in [1.807, 2.05) is 39.8 Å². The van der Waals surface area contributed by atoms with Crippen LogP contribution < -0.4 is 9.62 Å². The first kappa shape index (κ1) is 30.2. The van der Waals surface area contributed by atoms with Gasteiger partial charge in [0.2, 0.25) is 11.8 Å². The molecule has 0 aliphatic heterocycles. The van der Waals surface area contributed by atoms with Crippen molar-refractivity contribution in [3.63, 3.8) is 0 Å². The fourth-order valence-electron chi connectivity index (χ4n) is 4.07. The molecule has 208 valence electrons. The molecule has 1 N–H and O–H groups in total. The Labute approximate surface area is 236 Å². The maximum atomic E-state index is 13.9. The lowest BCUT2D eigenvalue weighted by molar-refractivity contribution is -0.139. The number of nitrogens with one attached hydrogen (secondary N) is 1. The normalized spacial score (nSPS) is 12.3.